The first kappa shape index (κ1) is 16.6. The Bertz CT molecular complexity index is 379. The molecule has 1 aromatic rings. The summed E-state index contributed by atoms with van der Waals surface area (Å²) in [7, 11) is 0. The van der Waals surface area contributed by atoms with Crippen molar-refractivity contribution in [1.82, 2.24) is 5.32 Å². The van der Waals surface area contributed by atoms with Crippen LogP contribution in [0.3, 0.4) is 0 Å². The summed E-state index contributed by atoms with van der Waals surface area (Å²) in [4.78, 5) is 11.3. The zero-order valence-electron chi connectivity index (χ0n) is 9.46. The fourth-order valence-corrected chi connectivity index (χ4v) is 1.23. The van der Waals surface area contributed by atoms with Gasteiger partial charge in [-0.15, -0.1) is 12.4 Å². The number of carbonyl (C=O) groups excluding carboxylic acids is 1. The molecule has 0 fully saturated rings. The predicted molar refractivity (Wildman–Crippen MR) is 65.5 cm³/mol. The van der Waals surface area contributed by atoms with Gasteiger partial charge >= 0.3 is 6.18 Å². The molecular weight excluding hydrogens is 269 g/mol. The monoisotopic (exact) mass is 282 g/mol. The van der Waals surface area contributed by atoms with E-state index >= 15 is 0 Å². The smallest absolute Gasteiger partial charge is 0.390 e. The Labute approximate surface area is 109 Å². The first-order chi connectivity index (χ1) is 7.87. The minimum absolute atomic E-state index is 0. The van der Waals surface area contributed by atoms with Crippen molar-refractivity contribution in [2.75, 3.05) is 12.3 Å². The van der Waals surface area contributed by atoms with Crippen LogP contribution in [0.15, 0.2) is 24.3 Å². The van der Waals surface area contributed by atoms with Gasteiger partial charge in [0.25, 0.3) is 0 Å². The van der Waals surface area contributed by atoms with E-state index in [2.05, 4.69) is 5.32 Å². The Morgan fingerprint density at radius 3 is 2.28 bits per heavy atom. The Kier molecular flexibility index (Phi) is 6.54. The fourth-order valence-electron chi connectivity index (χ4n) is 1.23. The lowest BCUT2D eigenvalue weighted by Crippen LogP contribution is -2.29. The van der Waals surface area contributed by atoms with E-state index in [4.69, 9.17) is 5.73 Å². The van der Waals surface area contributed by atoms with Crippen molar-refractivity contribution >= 4 is 24.0 Å². The van der Waals surface area contributed by atoms with Gasteiger partial charge in [-0.1, -0.05) is 12.1 Å². The summed E-state index contributed by atoms with van der Waals surface area (Å²) >= 11 is 0. The van der Waals surface area contributed by atoms with Gasteiger partial charge in [-0.3, -0.25) is 4.79 Å². The van der Waals surface area contributed by atoms with Gasteiger partial charge in [0, 0.05) is 12.2 Å². The molecule has 0 aromatic heterocycles. The first-order valence-corrected chi connectivity index (χ1v) is 5.05. The molecule has 0 aliphatic rings. The molecule has 3 N–H and O–H groups in total. The lowest BCUT2D eigenvalue weighted by molar-refractivity contribution is -0.135. The van der Waals surface area contributed by atoms with Crippen LogP contribution in [0.2, 0.25) is 0 Å². The molecule has 102 valence electrons. The van der Waals surface area contributed by atoms with E-state index in [1.807, 2.05) is 0 Å². The summed E-state index contributed by atoms with van der Waals surface area (Å²) in [6, 6.07) is 6.61. The Morgan fingerprint density at radius 1 is 1.22 bits per heavy atom. The standard InChI is InChI=1S/C11H13F3N2O.ClH/c12-11(13,14)5-6-16-10(17)7-8-1-3-9(15)4-2-8;/h1-4H,5-7,15H2,(H,16,17);1H. The maximum Gasteiger partial charge on any atom is 0.390 e. The van der Waals surface area contributed by atoms with E-state index in [1.165, 1.54) is 0 Å². The molecule has 0 atom stereocenters. The van der Waals surface area contributed by atoms with Gasteiger partial charge in [0.1, 0.15) is 0 Å². The summed E-state index contributed by atoms with van der Waals surface area (Å²) in [5, 5.41) is 2.21. The van der Waals surface area contributed by atoms with Gasteiger partial charge in [0.15, 0.2) is 0 Å². The van der Waals surface area contributed by atoms with Crippen LogP contribution < -0.4 is 11.1 Å². The quantitative estimate of drug-likeness (QED) is 0.833. The van der Waals surface area contributed by atoms with E-state index in [9.17, 15) is 18.0 Å². The molecule has 0 aliphatic heterocycles. The van der Waals surface area contributed by atoms with Gasteiger partial charge in [0.05, 0.1) is 12.8 Å². The van der Waals surface area contributed by atoms with Gasteiger partial charge < -0.3 is 11.1 Å². The van der Waals surface area contributed by atoms with Crippen molar-refractivity contribution in [2.45, 2.75) is 19.0 Å². The van der Waals surface area contributed by atoms with E-state index in [0.717, 1.165) is 0 Å². The number of nitrogens with one attached hydrogen (secondary N) is 1. The van der Waals surface area contributed by atoms with Crippen LogP contribution in [0, 0.1) is 0 Å². The number of halogens is 4. The maximum absolute atomic E-state index is 11.8. The molecule has 0 heterocycles. The number of hydrogen-bond donors (Lipinski definition) is 2. The van der Waals surface area contributed by atoms with E-state index in [1.54, 1.807) is 24.3 Å². The number of nitrogen functional groups attached to an aromatic ring is 1. The minimum Gasteiger partial charge on any atom is -0.399 e. The van der Waals surface area contributed by atoms with Gasteiger partial charge in [-0.25, -0.2) is 0 Å². The van der Waals surface area contributed by atoms with Crippen LogP contribution in [0.25, 0.3) is 0 Å². The lowest BCUT2D eigenvalue weighted by Gasteiger charge is -2.07. The maximum atomic E-state index is 11.8. The van der Waals surface area contributed by atoms with Crippen molar-refractivity contribution in [3.63, 3.8) is 0 Å². The third-order valence-corrected chi connectivity index (χ3v) is 2.08. The molecule has 0 aliphatic carbocycles. The predicted octanol–water partition coefficient (Wildman–Crippen LogP) is 2.30. The average molecular weight is 283 g/mol. The van der Waals surface area contributed by atoms with E-state index in [-0.39, 0.29) is 18.8 Å². The highest BCUT2D eigenvalue weighted by Gasteiger charge is 2.26. The van der Waals surface area contributed by atoms with Crippen molar-refractivity contribution < 1.29 is 18.0 Å². The number of anilines is 1. The van der Waals surface area contributed by atoms with Crippen molar-refractivity contribution in [2.24, 2.45) is 0 Å². The van der Waals surface area contributed by atoms with Gasteiger partial charge in [-0.2, -0.15) is 13.2 Å². The highest BCUT2D eigenvalue weighted by atomic mass is 35.5. The van der Waals surface area contributed by atoms with E-state index in [0.29, 0.717) is 11.3 Å². The van der Waals surface area contributed by atoms with Gasteiger partial charge in [-0.05, 0) is 17.7 Å². The molecule has 0 radical (unpaired) electrons. The Hall–Kier alpha value is -1.43. The highest BCUT2D eigenvalue weighted by molar-refractivity contribution is 5.85. The second kappa shape index (κ2) is 7.10. The van der Waals surface area contributed by atoms with Gasteiger partial charge in [0.2, 0.25) is 5.91 Å². The second-order valence-electron chi connectivity index (χ2n) is 3.63. The van der Waals surface area contributed by atoms with Crippen LogP contribution in [-0.2, 0) is 11.2 Å². The zero-order chi connectivity index (χ0) is 12.9. The molecule has 1 amide bonds. The number of hydrogen-bond acceptors (Lipinski definition) is 2. The topological polar surface area (TPSA) is 55.1 Å². The van der Waals surface area contributed by atoms with Crippen LogP contribution in [0.5, 0.6) is 0 Å². The fraction of sp³-hybridized carbons (Fsp3) is 0.364. The summed E-state index contributed by atoms with van der Waals surface area (Å²) in [6.07, 6.45) is -5.20. The lowest BCUT2D eigenvalue weighted by atomic mass is 10.1. The van der Waals surface area contributed by atoms with Crippen molar-refractivity contribution in [3.05, 3.63) is 29.8 Å². The molecule has 3 nitrogen and oxygen atoms in total. The first-order valence-electron chi connectivity index (χ1n) is 5.05. The zero-order valence-corrected chi connectivity index (χ0v) is 10.3. The molecule has 7 heteroatoms. The van der Waals surface area contributed by atoms with Crippen molar-refractivity contribution in [3.8, 4) is 0 Å². The third-order valence-electron chi connectivity index (χ3n) is 2.08. The molecule has 0 spiro atoms. The number of alkyl halides is 3. The van der Waals surface area contributed by atoms with Crippen molar-refractivity contribution in [1.29, 1.82) is 0 Å². The Balaban J connectivity index is 0.00000289. The number of benzene rings is 1. The molecule has 1 rings (SSSR count). The average Bonchev–Trinajstić information content (AvgIpc) is 2.19. The number of carbonyl (C=O) groups is 1. The summed E-state index contributed by atoms with van der Waals surface area (Å²) in [5.41, 5.74) is 6.75. The molecule has 0 unspecified atom stereocenters. The largest absolute Gasteiger partial charge is 0.399 e. The summed E-state index contributed by atoms with van der Waals surface area (Å²) in [6.45, 7) is -0.392. The van der Waals surface area contributed by atoms with E-state index < -0.39 is 25.0 Å². The molecular formula is C11H14ClF3N2O. The number of amides is 1. The van der Waals surface area contributed by atoms with Crippen LogP contribution in [-0.4, -0.2) is 18.6 Å². The molecule has 0 saturated heterocycles. The minimum atomic E-state index is -4.24. The molecule has 1 aromatic carbocycles. The molecule has 0 bridgehead atoms. The third kappa shape index (κ3) is 7.01. The summed E-state index contributed by atoms with van der Waals surface area (Å²) < 4.78 is 35.4. The van der Waals surface area contributed by atoms with Crippen LogP contribution in [0.4, 0.5) is 18.9 Å². The Morgan fingerprint density at radius 2 is 1.78 bits per heavy atom. The normalized spacial score (nSPS) is 10.6. The summed E-state index contributed by atoms with van der Waals surface area (Å²) in [5.74, 6) is -0.431. The SMILES string of the molecule is Cl.Nc1ccc(CC(=O)NCCC(F)(F)F)cc1. The van der Waals surface area contributed by atoms with Crippen LogP contribution >= 0.6 is 12.4 Å². The number of nitrogens with two attached hydrogens (primary N) is 1. The molecule has 0 saturated carbocycles. The second-order valence-corrected chi connectivity index (χ2v) is 3.63. The number of rotatable bonds is 4. The molecule has 18 heavy (non-hydrogen) atoms. The highest BCUT2D eigenvalue weighted by Crippen LogP contribution is 2.18. The van der Waals surface area contributed by atoms with Crippen LogP contribution in [0.1, 0.15) is 12.0 Å².